The first-order valence-electron chi connectivity index (χ1n) is 2.91. The van der Waals surface area contributed by atoms with Crippen molar-refractivity contribution in [2.45, 2.75) is 13.8 Å². The van der Waals surface area contributed by atoms with Crippen LogP contribution in [0.4, 0.5) is 0 Å². The van der Waals surface area contributed by atoms with E-state index in [4.69, 9.17) is 0 Å². The molecule has 0 amide bonds. The number of hydrogen-bond acceptors (Lipinski definition) is 2. The third kappa shape index (κ3) is 3.30. The number of carbonyl (C=O) groups is 1. The molecule has 1 nitrogen and oxygen atoms in total. The third-order valence-corrected chi connectivity index (χ3v) is 1.41. The maximum absolute atomic E-state index is 10.6. The van der Waals surface area contributed by atoms with E-state index in [1.165, 1.54) is 12.3 Å². The third-order valence-electron chi connectivity index (χ3n) is 1.04. The van der Waals surface area contributed by atoms with E-state index in [0.717, 1.165) is 5.57 Å². The van der Waals surface area contributed by atoms with Crippen LogP contribution in [0.15, 0.2) is 23.8 Å². The molecule has 0 saturated heterocycles. The van der Waals surface area contributed by atoms with Gasteiger partial charge in [-0.15, -0.1) is 0 Å². The summed E-state index contributed by atoms with van der Waals surface area (Å²) < 4.78 is 0. The lowest BCUT2D eigenvalue weighted by Gasteiger charge is -1.91. The van der Waals surface area contributed by atoms with E-state index in [-0.39, 0.29) is 5.78 Å². The fourth-order valence-electron chi connectivity index (χ4n) is 0.410. The fourth-order valence-corrected chi connectivity index (χ4v) is 0.479. The average molecular weight is 154 g/mol. The minimum Gasteiger partial charge on any atom is -0.295 e. The van der Waals surface area contributed by atoms with Crippen molar-refractivity contribution in [1.29, 1.82) is 0 Å². The second-order valence-corrected chi connectivity index (χ2v) is 2.32. The Morgan fingerprint density at radius 3 is 2.30 bits per heavy atom. The number of carbonyl (C=O) groups excluding carboxylic acids is 1. The van der Waals surface area contributed by atoms with Crippen molar-refractivity contribution in [2.24, 2.45) is 0 Å². The molecule has 0 heterocycles. The van der Waals surface area contributed by atoms with E-state index < -0.39 is 0 Å². The molecule has 0 aliphatic heterocycles. The van der Waals surface area contributed by atoms with Crippen LogP contribution in [0.25, 0.3) is 0 Å². The lowest BCUT2D eigenvalue weighted by atomic mass is 10.1. The maximum atomic E-state index is 10.6. The van der Waals surface area contributed by atoms with Crippen LogP contribution in [0.1, 0.15) is 13.8 Å². The molecule has 0 radical (unpaired) electrons. The Kier molecular flexibility index (Phi) is 3.81. The number of Topliss-reactive ketones (excluding diaryl/α,β-unsaturated/α-hetero) is 1. The number of allylic oxidation sites excluding steroid dienone is 3. The first-order valence-corrected chi connectivity index (χ1v) is 3.38. The molecule has 0 rings (SSSR count). The van der Waals surface area contributed by atoms with Crippen molar-refractivity contribution in [3.63, 3.8) is 0 Å². The Morgan fingerprint density at radius 1 is 1.50 bits per heavy atom. The molecule has 2 heteroatoms. The van der Waals surface area contributed by atoms with E-state index in [1.807, 2.05) is 6.92 Å². The summed E-state index contributed by atoms with van der Waals surface area (Å²) >= 11 is 4.63. The Morgan fingerprint density at radius 2 is 2.00 bits per heavy atom. The Hall–Kier alpha value is -0.760. The SMILES string of the molecule is C=C(/C=C(/C)C=S)C(C)=O. The van der Waals surface area contributed by atoms with Gasteiger partial charge in [0.25, 0.3) is 0 Å². The minimum atomic E-state index is -0.0174. The van der Waals surface area contributed by atoms with Crippen molar-refractivity contribution < 1.29 is 4.79 Å². The van der Waals surface area contributed by atoms with Crippen molar-refractivity contribution >= 4 is 23.4 Å². The molecule has 0 bridgehead atoms. The summed E-state index contributed by atoms with van der Waals surface area (Å²) in [6.07, 6.45) is 1.68. The molecule has 0 saturated carbocycles. The molecule has 0 spiro atoms. The summed E-state index contributed by atoms with van der Waals surface area (Å²) in [6, 6.07) is 0. The van der Waals surface area contributed by atoms with E-state index in [2.05, 4.69) is 18.8 Å². The van der Waals surface area contributed by atoms with Gasteiger partial charge in [0.1, 0.15) is 0 Å². The Bertz CT molecular complexity index is 201. The highest BCUT2D eigenvalue weighted by molar-refractivity contribution is 7.79. The number of hydrogen-bond donors (Lipinski definition) is 0. The zero-order chi connectivity index (χ0) is 8.15. The fraction of sp³-hybridized carbons (Fsp3) is 0.250. The molecule has 0 fully saturated rings. The number of rotatable bonds is 3. The molecule has 0 atom stereocenters. The van der Waals surface area contributed by atoms with Gasteiger partial charge in [-0.2, -0.15) is 0 Å². The summed E-state index contributed by atoms with van der Waals surface area (Å²) in [5.41, 5.74) is 1.38. The standard InChI is InChI=1S/C8H10OS/c1-6(5-10)4-7(2)8(3)9/h4-5H,2H2,1,3H3/b6-4-. The first kappa shape index (κ1) is 9.24. The number of thiocarbonyl (C=S) groups is 1. The zero-order valence-electron chi connectivity index (χ0n) is 6.18. The quantitative estimate of drug-likeness (QED) is 0.352. The van der Waals surface area contributed by atoms with Crippen LogP contribution < -0.4 is 0 Å². The van der Waals surface area contributed by atoms with Gasteiger partial charge < -0.3 is 0 Å². The normalized spacial score (nSPS) is 10.8. The summed E-state index contributed by atoms with van der Waals surface area (Å²) in [6.45, 7) is 6.87. The average Bonchev–Trinajstić information content (AvgIpc) is 1.87. The highest BCUT2D eigenvalue weighted by atomic mass is 32.1. The molecular formula is C8H10OS. The molecule has 0 unspecified atom stereocenters. The lowest BCUT2D eigenvalue weighted by Crippen LogP contribution is -1.91. The second-order valence-electron chi connectivity index (χ2n) is 2.09. The van der Waals surface area contributed by atoms with Crippen LogP contribution in [0.5, 0.6) is 0 Å². The van der Waals surface area contributed by atoms with Crippen molar-refractivity contribution in [2.75, 3.05) is 0 Å². The van der Waals surface area contributed by atoms with E-state index in [1.54, 1.807) is 6.08 Å². The molecule has 0 aliphatic carbocycles. The molecule has 0 N–H and O–H groups in total. The van der Waals surface area contributed by atoms with Crippen LogP contribution in [-0.2, 0) is 4.79 Å². The first-order chi connectivity index (χ1) is 4.57. The van der Waals surface area contributed by atoms with Gasteiger partial charge >= 0.3 is 0 Å². The Labute approximate surface area is 66.4 Å². The molecule has 0 aliphatic rings. The van der Waals surface area contributed by atoms with Crippen LogP contribution in [0.2, 0.25) is 0 Å². The van der Waals surface area contributed by atoms with Crippen LogP contribution >= 0.6 is 12.2 Å². The molecule has 54 valence electrons. The topological polar surface area (TPSA) is 17.1 Å². The van der Waals surface area contributed by atoms with Crippen LogP contribution in [0.3, 0.4) is 0 Å². The van der Waals surface area contributed by atoms with Gasteiger partial charge in [-0.3, -0.25) is 4.79 Å². The molecule has 0 aromatic heterocycles. The maximum Gasteiger partial charge on any atom is 0.159 e. The van der Waals surface area contributed by atoms with E-state index >= 15 is 0 Å². The second kappa shape index (κ2) is 4.12. The van der Waals surface area contributed by atoms with Gasteiger partial charge in [-0.05, 0) is 25.5 Å². The highest BCUT2D eigenvalue weighted by Crippen LogP contribution is 1.98. The number of ketones is 1. The smallest absolute Gasteiger partial charge is 0.159 e. The summed E-state index contributed by atoms with van der Waals surface area (Å²) in [5.74, 6) is -0.0174. The molecule has 0 aromatic rings. The van der Waals surface area contributed by atoms with Gasteiger partial charge in [0.15, 0.2) is 5.78 Å². The van der Waals surface area contributed by atoms with Gasteiger partial charge in [-0.25, -0.2) is 0 Å². The van der Waals surface area contributed by atoms with Gasteiger partial charge in [0, 0.05) is 10.9 Å². The van der Waals surface area contributed by atoms with Gasteiger partial charge in [0.2, 0.25) is 0 Å². The van der Waals surface area contributed by atoms with Crippen LogP contribution in [-0.4, -0.2) is 11.2 Å². The van der Waals surface area contributed by atoms with Crippen molar-refractivity contribution in [1.82, 2.24) is 0 Å². The molecule has 10 heavy (non-hydrogen) atoms. The largest absolute Gasteiger partial charge is 0.295 e. The van der Waals surface area contributed by atoms with Crippen molar-refractivity contribution in [3.8, 4) is 0 Å². The predicted octanol–water partition coefficient (Wildman–Crippen LogP) is 2.08. The monoisotopic (exact) mass is 154 g/mol. The lowest BCUT2D eigenvalue weighted by molar-refractivity contribution is -0.113. The summed E-state index contributed by atoms with van der Waals surface area (Å²) in [4.78, 5) is 10.6. The van der Waals surface area contributed by atoms with Crippen LogP contribution in [0, 0.1) is 0 Å². The summed E-state index contributed by atoms with van der Waals surface area (Å²) in [5, 5.41) is 1.52. The van der Waals surface area contributed by atoms with Crippen molar-refractivity contribution in [3.05, 3.63) is 23.8 Å². The summed E-state index contributed by atoms with van der Waals surface area (Å²) in [7, 11) is 0. The minimum absolute atomic E-state index is 0.0174. The van der Waals surface area contributed by atoms with E-state index in [0.29, 0.717) is 5.57 Å². The highest BCUT2D eigenvalue weighted by Gasteiger charge is 1.94. The zero-order valence-corrected chi connectivity index (χ0v) is 6.99. The van der Waals surface area contributed by atoms with Gasteiger partial charge in [0.05, 0.1) is 0 Å². The molecular weight excluding hydrogens is 144 g/mol. The van der Waals surface area contributed by atoms with E-state index in [9.17, 15) is 4.79 Å². The molecule has 0 aromatic carbocycles. The predicted molar refractivity (Wildman–Crippen MR) is 47.2 cm³/mol. The Balaban J connectivity index is 4.27. The van der Waals surface area contributed by atoms with Gasteiger partial charge in [-0.1, -0.05) is 18.8 Å².